The molecule has 0 saturated heterocycles. The Morgan fingerprint density at radius 1 is 1.07 bits per heavy atom. The number of rotatable bonds is 6. The molecule has 2 rings (SSSR count). The van der Waals surface area contributed by atoms with Gasteiger partial charge in [-0.3, -0.25) is 4.99 Å². The highest BCUT2D eigenvalue weighted by Gasteiger charge is 2.15. The fourth-order valence-electron chi connectivity index (χ4n) is 2.58. The lowest BCUT2D eigenvalue weighted by atomic mass is 10.2. The number of carbonyl (C=O) groups is 1. The molecule has 1 aromatic rings. The van der Waals surface area contributed by atoms with E-state index in [-0.39, 0.29) is 24.0 Å². The standard InChI is InChI=1S/C20H31N5O2.HI/c1-20(2,3)27-19(26)23-12-11-22-18(21-4)24-15-16-7-9-17(10-8-16)25-13-5-6-14-25;/h5-10H,11-15H2,1-4H3,(H,23,26)(H2,21,22,24);1H. The zero-order valence-corrected chi connectivity index (χ0v) is 19.4. The number of nitrogens with one attached hydrogen (secondary N) is 3. The van der Waals surface area contributed by atoms with Gasteiger partial charge in [-0.25, -0.2) is 4.79 Å². The van der Waals surface area contributed by atoms with Crippen LogP contribution >= 0.6 is 24.0 Å². The highest BCUT2D eigenvalue weighted by Crippen LogP contribution is 2.17. The molecule has 0 atom stereocenters. The van der Waals surface area contributed by atoms with Crippen LogP contribution in [0.2, 0.25) is 0 Å². The molecule has 1 amide bonds. The van der Waals surface area contributed by atoms with Gasteiger partial charge in [-0.1, -0.05) is 24.3 Å². The third-order valence-electron chi connectivity index (χ3n) is 3.89. The van der Waals surface area contributed by atoms with Crippen LogP contribution in [0.3, 0.4) is 0 Å². The fraction of sp³-hybridized carbons (Fsp3) is 0.500. The molecule has 156 valence electrons. The number of nitrogens with zero attached hydrogens (tertiary/aromatic N) is 2. The Kier molecular flexibility index (Phi) is 10.1. The van der Waals surface area contributed by atoms with Crippen molar-refractivity contribution in [2.24, 2.45) is 4.99 Å². The summed E-state index contributed by atoms with van der Waals surface area (Å²) in [7, 11) is 1.72. The van der Waals surface area contributed by atoms with Crippen molar-refractivity contribution in [1.82, 2.24) is 16.0 Å². The smallest absolute Gasteiger partial charge is 0.407 e. The minimum atomic E-state index is -0.490. The van der Waals surface area contributed by atoms with Crippen molar-refractivity contribution in [2.45, 2.75) is 32.9 Å². The summed E-state index contributed by atoms with van der Waals surface area (Å²) in [6, 6.07) is 8.53. The van der Waals surface area contributed by atoms with Gasteiger partial charge in [-0.15, -0.1) is 24.0 Å². The minimum Gasteiger partial charge on any atom is -0.444 e. The number of guanidine groups is 1. The van der Waals surface area contributed by atoms with Crippen molar-refractivity contribution < 1.29 is 9.53 Å². The maximum Gasteiger partial charge on any atom is 0.407 e. The van der Waals surface area contributed by atoms with Gasteiger partial charge in [0.25, 0.3) is 0 Å². The third kappa shape index (κ3) is 8.81. The molecule has 0 saturated carbocycles. The van der Waals surface area contributed by atoms with E-state index in [4.69, 9.17) is 4.74 Å². The van der Waals surface area contributed by atoms with Crippen molar-refractivity contribution in [2.75, 3.05) is 38.1 Å². The first-order valence-corrected chi connectivity index (χ1v) is 9.27. The van der Waals surface area contributed by atoms with E-state index in [9.17, 15) is 4.79 Å². The number of hydrogen-bond acceptors (Lipinski definition) is 4. The number of ether oxygens (including phenoxy) is 1. The van der Waals surface area contributed by atoms with Gasteiger partial charge < -0.3 is 25.6 Å². The normalized spacial score (nSPS) is 13.7. The van der Waals surface area contributed by atoms with Gasteiger partial charge in [0.05, 0.1) is 0 Å². The Labute approximate surface area is 185 Å². The lowest BCUT2D eigenvalue weighted by molar-refractivity contribution is 0.0529. The zero-order chi connectivity index (χ0) is 19.7. The minimum absolute atomic E-state index is 0. The molecule has 7 nitrogen and oxygen atoms in total. The van der Waals surface area contributed by atoms with Crippen LogP contribution in [0, 0.1) is 0 Å². The Hall–Kier alpha value is -1.97. The molecule has 0 aromatic heterocycles. The molecule has 1 heterocycles. The highest BCUT2D eigenvalue weighted by atomic mass is 127. The molecule has 0 unspecified atom stereocenters. The summed E-state index contributed by atoms with van der Waals surface area (Å²) in [4.78, 5) is 18.1. The topological polar surface area (TPSA) is 78.0 Å². The molecular formula is C20H32IN5O2. The van der Waals surface area contributed by atoms with Crippen LogP contribution < -0.4 is 20.9 Å². The van der Waals surface area contributed by atoms with Gasteiger partial charge in [0, 0.05) is 45.5 Å². The van der Waals surface area contributed by atoms with E-state index in [0.717, 1.165) is 13.1 Å². The van der Waals surface area contributed by atoms with E-state index in [0.29, 0.717) is 25.6 Å². The van der Waals surface area contributed by atoms with E-state index in [1.165, 1.54) is 11.3 Å². The maximum atomic E-state index is 11.6. The van der Waals surface area contributed by atoms with Crippen LogP contribution in [-0.2, 0) is 11.3 Å². The second kappa shape index (κ2) is 11.8. The molecule has 0 aliphatic carbocycles. The number of benzene rings is 1. The summed E-state index contributed by atoms with van der Waals surface area (Å²) in [5.74, 6) is 0.689. The van der Waals surface area contributed by atoms with Crippen LogP contribution in [-0.4, -0.2) is 50.9 Å². The van der Waals surface area contributed by atoms with Crippen molar-refractivity contribution in [3.8, 4) is 0 Å². The first-order chi connectivity index (χ1) is 12.9. The average molecular weight is 501 g/mol. The van der Waals surface area contributed by atoms with Crippen molar-refractivity contribution in [3.05, 3.63) is 42.0 Å². The molecular weight excluding hydrogens is 469 g/mol. The molecule has 8 heteroatoms. The summed E-state index contributed by atoms with van der Waals surface area (Å²) < 4.78 is 5.19. The predicted octanol–water partition coefficient (Wildman–Crippen LogP) is 2.87. The lowest BCUT2D eigenvalue weighted by Crippen LogP contribution is -2.42. The van der Waals surface area contributed by atoms with Crippen LogP contribution in [0.1, 0.15) is 26.3 Å². The van der Waals surface area contributed by atoms with Gasteiger partial charge >= 0.3 is 6.09 Å². The van der Waals surface area contributed by atoms with Gasteiger partial charge in [0.2, 0.25) is 0 Å². The van der Waals surface area contributed by atoms with Crippen LogP contribution in [0.25, 0.3) is 0 Å². The molecule has 0 bridgehead atoms. The predicted molar refractivity (Wildman–Crippen MR) is 126 cm³/mol. The Morgan fingerprint density at radius 3 is 2.25 bits per heavy atom. The van der Waals surface area contributed by atoms with E-state index >= 15 is 0 Å². The Balaban J connectivity index is 0.00000392. The largest absolute Gasteiger partial charge is 0.444 e. The lowest BCUT2D eigenvalue weighted by Gasteiger charge is -2.20. The quantitative estimate of drug-likeness (QED) is 0.184. The van der Waals surface area contributed by atoms with Crippen molar-refractivity contribution in [3.63, 3.8) is 0 Å². The summed E-state index contributed by atoms with van der Waals surface area (Å²) in [6.07, 6.45) is 3.95. The van der Waals surface area contributed by atoms with Crippen LogP contribution in [0.15, 0.2) is 41.4 Å². The monoisotopic (exact) mass is 501 g/mol. The molecule has 0 radical (unpaired) electrons. The molecule has 1 aliphatic rings. The average Bonchev–Trinajstić information content (AvgIpc) is 3.15. The molecule has 28 heavy (non-hydrogen) atoms. The van der Waals surface area contributed by atoms with Crippen molar-refractivity contribution >= 4 is 41.7 Å². The zero-order valence-electron chi connectivity index (χ0n) is 17.1. The molecule has 3 N–H and O–H groups in total. The fourth-order valence-corrected chi connectivity index (χ4v) is 2.58. The summed E-state index contributed by atoms with van der Waals surface area (Å²) in [6.45, 7) is 9.16. The van der Waals surface area contributed by atoms with E-state index < -0.39 is 11.7 Å². The number of carbonyl (C=O) groups excluding carboxylic acids is 1. The number of alkyl carbamates (subject to hydrolysis) is 1. The van der Waals surface area contributed by atoms with Crippen LogP contribution in [0.5, 0.6) is 0 Å². The van der Waals surface area contributed by atoms with Gasteiger partial charge in [0.15, 0.2) is 5.96 Å². The summed E-state index contributed by atoms with van der Waals surface area (Å²) >= 11 is 0. The number of aliphatic imine (C=N–C) groups is 1. The number of anilines is 1. The molecule has 0 spiro atoms. The van der Waals surface area contributed by atoms with Gasteiger partial charge in [-0.2, -0.15) is 0 Å². The maximum absolute atomic E-state index is 11.6. The second-order valence-corrected chi connectivity index (χ2v) is 7.32. The van der Waals surface area contributed by atoms with Crippen LogP contribution in [0.4, 0.5) is 10.5 Å². The molecule has 1 aliphatic heterocycles. The first kappa shape index (κ1) is 24.1. The Morgan fingerprint density at radius 2 is 1.68 bits per heavy atom. The van der Waals surface area contributed by atoms with Gasteiger partial charge in [0.1, 0.15) is 5.60 Å². The number of hydrogen-bond donors (Lipinski definition) is 3. The van der Waals surface area contributed by atoms with E-state index in [1.54, 1.807) is 7.05 Å². The number of amides is 1. The second-order valence-electron chi connectivity index (χ2n) is 7.32. The SMILES string of the molecule is CN=C(NCCNC(=O)OC(C)(C)C)NCc1ccc(N2CC=CC2)cc1.I. The Bertz CT molecular complexity index is 660. The third-order valence-corrected chi connectivity index (χ3v) is 3.89. The van der Waals surface area contributed by atoms with E-state index in [2.05, 4.69) is 62.3 Å². The first-order valence-electron chi connectivity index (χ1n) is 9.27. The van der Waals surface area contributed by atoms with Gasteiger partial charge in [-0.05, 0) is 38.5 Å². The highest BCUT2D eigenvalue weighted by molar-refractivity contribution is 14.0. The van der Waals surface area contributed by atoms with Crippen molar-refractivity contribution in [1.29, 1.82) is 0 Å². The molecule has 1 aromatic carbocycles. The summed E-state index contributed by atoms with van der Waals surface area (Å²) in [5, 5.41) is 9.15. The summed E-state index contributed by atoms with van der Waals surface area (Å²) in [5.41, 5.74) is 1.93. The molecule has 0 fully saturated rings. The number of halogens is 1. The van der Waals surface area contributed by atoms with E-state index in [1.807, 2.05) is 20.8 Å².